The van der Waals surface area contributed by atoms with Crippen molar-refractivity contribution in [2.24, 2.45) is 0 Å². The number of anilines is 1. The predicted octanol–water partition coefficient (Wildman–Crippen LogP) is 5.95. The second-order valence-corrected chi connectivity index (χ2v) is 7.95. The highest BCUT2D eigenvalue weighted by molar-refractivity contribution is 9.10. The van der Waals surface area contributed by atoms with Crippen LogP contribution in [0.4, 0.5) is 5.95 Å². The van der Waals surface area contributed by atoms with Crippen LogP contribution in [0.1, 0.15) is 29.6 Å². The Hall–Kier alpha value is -2.79. The van der Waals surface area contributed by atoms with E-state index in [1.54, 1.807) is 7.11 Å². The molecule has 3 aromatic carbocycles. The number of nitrogens with zero attached hydrogens (tertiary/aromatic N) is 2. The number of rotatable bonds is 3. The van der Waals surface area contributed by atoms with Gasteiger partial charge in [0.15, 0.2) is 0 Å². The third-order valence-corrected chi connectivity index (χ3v) is 5.97. The number of halogens is 1. The van der Waals surface area contributed by atoms with E-state index in [2.05, 4.69) is 80.4 Å². The summed E-state index contributed by atoms with van der Waals surface area (Å²) in [5.41, 5.74) is 4.57. The van der Waals surface area contributed by atoms with Gasteiger partial charge in [0.2, 0.25) is 5.95 Å². The van der Waals surface area contributed by atoms with Crippen molar-refractivity contribution in [3.63, 3.8) is 0 Å². The molecule has 1 aliphatic rings. The minimum absolute atomic E-state index is 0.133. The molecule has 4 aromatic rings. The fourth-order valence-corrected chi connectivity index (χ4v) is 4.39. The summed E-state index contributed by atoms with van der Waals surface area (Å²) < 4.78 is 9.09. The fourth-order valence-electron chi connectivity index (χ4n) is 4.13. The quantitative estimate of drug-likeness (QED) is 0.433. The molecule has 0 amide bonds. The van der Waals surface area contributed by atoms with E-state index in [1.165, 1.54) is 11.1 Å². The van der Waals surface area contributed by atoms with Crippen LogP contribution in [0.15, 0.2) is 77.3 Å². The zero-order chi connectivity index (χ0) is 19.1. The van der Waals surface area contributed by atoms with Crippen molar-refractivity contribution >= 4 is 32.9 Å². The van der Waals surface area contributed by atoms with E-state index in [-0.39, 0.29) is 12.1 Å². The summed E-state index contributed by atoms with van der Waals surface area (Å²) >= 11 is 3.53. The molecular weight excluding hydrogens is 414 g/mol. The fraction of sp³-hybridized carbons (Fsp3) is 0.174. The van der Waals surface area contributed by atoms with Crippen LogP contribution >= 0.6 is 15.9 Å². The molecule has 1 N–H and O–H groups in total. The van der Waals surface area contributed by atoms with Gasteiger partial charge < -0.3 is 14.6 Å². The highest BCUT2D eigenvalue weighted by Crippen LogP contribution is 2.43. The summed E-state index contributed by atoms with van der Waals surface area (Å²) in [6, 6.07) is 25.4. The Balaban J connectivity index is 1.68. The molecule has 0 radical (unpaired) electrons. The molecule has 28 heavy (non-hydrogen) atoms. The molecule has 1 aliphatic heterocycles. The molecular formula is C23H20BrN3O. The van der Waals surface area contributed by atoms with Gasteiger partial charge in [0, 0.05) is 10.0 Å². The number of ether oxygens (including phenoxy) is 1. The van der Waals surface area contributed by atoms with Crippen LogP contribution in [0.5, 0.6) is 5.75 Å². The van der Waals surface area contributed by atoms with E-state index < -0.39 is 0 Å². The Morgan fingerprint density at radius 2 is 1.75 bits per heavy atom. The molecule has 5 rings (SSSR count). The van der Waals surface area contributed by atoms with E-state index in [4.69, 9.17) is 9.72 Å². The third kappa shape index (κ3) is 2.87. The van der Waals surface area contributed by atoms with Crippen LogP contribution in [-0.2, 0) is 0 Å². The second-order valence-electron chi connectivity index (χ2n) is 7.04. The number of nitrogens with one attached hydrogen (secondary N) is 1. The molecule has 4 nitrogen and oxygen atoms in total. The van der Waals surface area contributed by atoms with Crippen LogP contribution in [0.2, 0.25) is 0 Å². The molecule has 0 spiro atoms. The van der Waals surface area contributed by atoms with E-state index in [1.807, 2.05) is 18.2 Å². The smallest absolute Gasteiger partial charge is 0.204 e. The van der Waals surface area contributed by atoms with Crippen LogP contribution < -0.4 is 10.1 Å². The minimum atomic E-state index is 0.133. The average Bonchev–Trinajstić information content (AvgIpc) is 3.12. The van der Waals surface area contributed by atoms with E-state index in [0.717, 1.165) is 33.6 Å². The lowest BCUT2D eigenvalue weighted by atomic mass is 9.92. The number of fused-ring (bicyclic) bond motifs is 3. The van der Waals surface area contributed by atoms with Crippen molar-refractivity contribution in [2.45, 2.75) is 18.5 Å². The minimum Gasteiger partial charge on any atom is -0.496 e. The third-order valence-electron chi connectivity index (χ3n) is 5.44. The van der Waals surface area contributed by atoms with Crippen LogP contribution in [-0.4, -0.2) is 16.7 Å². The Kier molecular flexibility index (Phi) is 4.32. The van der Waals surface area contributed by atoms with Gasteiger partial charge in [-0.25, -0.2) is 4.98 Å². The molecule has 2 heterocycles. The number of hydrogen-bond donors (Lipinski definition) is 1. The van der Waals surface area contributed by atoms with Gasteiger partial charge in [-0.1, -0.05) is 58.4 Å². The first-order valence-electron chi connectivity index (χ1n) is 9.36. The second kappa shape index (κ2) is 6.99. The standard InChI is InChI=1S/C23H20BrN3O/c1-28-22-9-5-2-6-17(22)21-14-19(15-10-12-16(24)13-11-15)26-23-25-18-7-3-4-8-20(18)27(21)23/h2-13,19,21H,14H2,1H3,(H,25,26)/t19-,21-/m0/s1. The molecule has 0 saturated heterocycles. The molecule has 1 aromatic heterocycles. The van der Waals surface area contributed by atoms with Crippen molar-refractivity contribution < 1.29 is 4.74 Å². The summed E-state index contributed by atoms with van der Waals surface area (Å²) in [5, 5.41) is 3.66. The lowest BCUT2D eigenvalue weighted by molar-refractivity contribution is 0.392. The van der Waals surface area contributed by atoms with Crippen molar-refractivity contribution in [3.8, 4) is 5.75 Å². The topological polar surface area (TPSA) is 39.1 Å². The van der Waals surface area contributed by atoms with Crippen molar-refractivity contribution in [2.75, 3.05) is 12.4 Å². The van der Waals surface area contributed by atoms with E-state index in [0.29, 0.717) is 0 Å². The number of hydrogen-bond acceptors (Lipinski definition) is 3. The SMILES string of the molecule is COc1ccccc1[C@@H]1C[C@@H](c2ccc(Br)cc2)Nc2nc3ccccc3n21. The molecule has 0 bridgehead atoms. The number of para-hydroxylation sites is 3. The lowest BCUT2D eigenvalue weighted by Gasteiger charge is -2.34. The largest absolute Gasteiger partial charge is 0.496 e. The van der Waals surface area contributed by atoms with Gasteiger partial charge in [0.05, 0.1) is 30.2 Å². The predicted molar refractivity (Wildman–Crippen MR) is 116 cm³/mol. The van der Waals surface area contributed by atoms with Gasteiger partial charge in [-0.15, -0.1) is 0 Å². The number of methoxy groups -OCH3 is 1. The highest BCUT2D eigenvalue weighted by atomic mass is 79.9. The van der Waals surface area contributed by atoms with Gasteiger partial charge >= 0.3 is 0 Å². The molecule has 0 saturated carbocycles. The average molecular weight is 434 g/mol. The number of benzene rings is 3. The number of imidazole rings is 1. The first-order chi connectivity index (χ1) is 13.7. The van der Waals surface area contributed by atoms with Crippen molar-refractivity contribution in [3.05, 3.63) is 88.4 Å². The van der Waals surface area contributed by atoms with Gasteiger partial charge in [-0.2, -0.15) is 0 Å². The zero-order valence-electron chi connectivity index (χ0n) is 15.5. The molecule has 2 atom stereocenters. The van der Waals surface area contributed by atoms with E-state index >= 15 is 0 Å². The van der Waals surface area contributed by atoms with Crippen LogP contribution in [0, 0.1) is 0 Å². The van der Waals surface area contributed by atoms with Crippen LogP contribution in [0.3, 0.4) is 0 Å². The lowest BCUT2D eigenvalue weighted by Crippen LogP contribution is -2.27. The zero-order valence-corrected chi connectivity index (χ0v) is 17.1. The highest BCUT2D eigenvalue weighted by Gasteiger charge is 2.32. The first-order valence-corrected chi connectivity index (χ1v) is 10.2. The van der Waals surface area contributed by atoms with Gasteiger partial charge in [0.1, 0.15) is 5.75 Å². The Bertz CT molecular complexity index is 1140. The molecule has 5 heteroatoms. The van der Waals surface area contributed by atoms with Crippen LogP contribution in [0.25, 0.3) is 11.0 Å². The maximum atomic E-state index is 5.70. The maximum Gasteiger partial charge on any atom is 0.204 e. The molecule has 0 fully saturated rings. The molecule has 0 aliphatic carbocycles. The summed E-state index contributed by atoms with van der Waals surface area (Å²) in [7, 11) is 1.74. The first kappa shape index (κ1) is 17.3. The summed E-state index contributed by atoms with van der Waals surface area (Å²) in [5.74, 6) is 1.81. The van der Waals surface area contributed by atoms with Crippen molar-refractivity contribution in [1.82, 2.24) is 9.55 Å². The number of aromatic nitrogens is 2. The Morgan fingerprint density at radius 3 is 2.57 bits per heavy atom. The summed E-state index contributed by atoms with van der Waals surface area (Å²) in [6.45, 7) is 0. The summed E-state index contributed by atoms with van der Waals surface area (Å²) in [6.07, 6.45) is 0.912. The van der Waals surface area contributed by atoms with Crippen molar-refractivity contribution in [1.29, 1.82) is 0 Å². The van der Waals surface area contributed by atoms with Gasteiger partial charge in [-0.05, 0) is 42.3 Å². The molecule has 140 valence electrons. The normalized spacial score (nSPS) is 18.5. The Morgan fingerprint density at radius 1 is 1.00 bits per heavy atom. The van der Waals surface area contributed by atoms with E-state index in [9.17, 15) is 0 Å². The molecule has 0 unspecified atom stereocenters. The maximum absolute atomic E-state index is 5.70. The van der Waals surface area contributed by atoms with Gasteiger partial charge in [-0.3, -0.25) is 0 Å². The summed E-state index contributed by atoms with van der Waals surface area (Å²) in [4.78, 5) is 4.88. The Labute approximate surface area is 172 Å². The van der Waals surface area contributed by atoms with Gasteiger partial charge in [0.25, 0.3) is 0 Å². The monoisotopic (exact) mass is 433 g/mol.